The van der Waals surface area contributed by atoms with E-state index in [4.69, 9.17) is 9.47 Å². The summed E-state index contributed by atoms with van der Waals surface area (Å²) in [5, 5.41) is 9.33. The van der Waals surface area contributed by atoms with Crippen molar-refractivity contribution in [2.45, 2.75) is 0 Å². The van der Waals surface area contributed by atoms with Gasteiger partial charge in [0.25, 0.3) is 11.5 Å². The van der Waals surface area contributed by atoms with Crippen LogP contribution in [0, 0.1) is 17.1 Å². The third-order valence-corrected chi connectivity index (χ3v) is 4.69. The molecular formula is C24H12FN5O7. The van der Waals surface area contributed by atoms with Gasteiger partial charge in [0, 0.05) is 18.5 Å². The SMILES string of the molecule is N#Cc1ccc(OC(=O)c2ccccc2)nc1OC(=O)c1cncc(C(=O)n2cc(F)c(=O)[nH]c2=O)c1. The molecule has 0 atom stereocenters. The lowest BCUT2D eigenvalue weighted by Gasteiger charge is -2.09. The lowest BCUT2D eigenvalue weighted by atomic mass is 10.2. The normalized spacial score (nSPS) is 10.3. The van der Waals surface area contributed by atoms with Crippen LogP contribution < -0.4 is 20.7 Å². The molecule has 182 valence electrons. The Hall–Kier alpha value is -5.77. The van der Waals surface area contributed by atoms with Crippen molar-refractivity contribution in [3.05, 3.63) is 116 Å². The summed E-state index contributed by atoms with van der Waals surface area (Å²) in [5.41, 5.74) is -3.04. The Morgan fingerprint density at radius 3 is 2.38 bits per heavy atom. The number of carbonyl (C=O) groups is 3. The highest BCUT2D eigenvalue weighted by atomic mass is 19.1. The molecule has 0 amide bonds. The van der Waals surface area contributed by atoms with E-state index in [1.807, 2.05) is 0 Å². The smallest absolute Gasteiger partial charge is 0.346 e. The lowest BCUT2D eigenvalue weighted by molar-refractivity contribution is 0.0717. The van der Waals surface area contributed by atoms with Gasteiger partial charge in [-0.2, -0.15) is 14.6 Å². The van der Waals surface area contributed by atoms with E-state index >= 15 is 0 Å². The molecule has 37 heavy (non-hydrogen) atoms. The fourth-order valence-electron chi connectivity index (χ4n) is 2.92. The minimum absolute atomic E-state index is 0.164. The van der Waals surface area contributed by atoms with Gasteiger partial charge in [-0.3, -0.25) is 19.6 Å². The minimum Gasteiger partial charge on any atom is -0.404 e. The van der Waals surface area contributed by atoms with Crippen molar-refractivity contribution in [1.29, 1.82) is 5.26 Å². The number of esters is 2. The van der Waals surface area contributed by atoms with Crippen LogP contribution in [0.3, 0.4) is 0 Å². The molecule has 0 saturated heterocycles. The number of nitrogens with zero attached hydrogens (tertiary/aromatic N) is 4. The Bertz CT molecular complexity index is 1710. The van der Waals surface area contributed by atoms with Crippen molar-refractivity contribution in [3.8, 4) is 17.8 Å². The van der Waals surface area contributed by atoms with E-state index in [-0.39, 0.29) is 28.1 Å². The van der Waals surface area contributed by atoms with Crippen LogP contribution in [0.1, 0.15) is 36.6 Å². The van der Waals surface area contributed by atoms with Gasteiger partial charge in [0.1, 0.15) is 11.6 Å². The minimum atomic E-state index is -1.38. The van der Waals surface area contributed by atoms with E-state index in [0.29, 0.717) is 10.8 Å². The van der Waals surface area contributed by atoms with Crippen molar-refractivity contribution < 1.29 is 28.2 Å². The monoisotopic (exact) mass is 501 g/mol. The van der Waals surface area contributed by atoms with Gasteiger partial charge in [-0.1, -0.05) is 18.2 Å². The molecule has 0 fully saturated rings. The molecule has 0 bridgehead atoms. The molecule has 3 heterocycles. The lowest BCUT2D eigenvalue weighted by Crippen LogP contribution is -2.35. The number of H-pyrrole nitrogens is 1. The predicted octanol–water partition coefficient (Wildman–Crippen LogP) is 1.46. The number of aromatic amines is 1. The first kappa shape index (κ1) is 24.4. The molecule has 0 radical (unpaired) electrons. The Morgan fingerprint density at radius 1 is 0.946 bits per heavy atom. The van der Waals surface area contributed by atoms with E-state index in [1.54, 1.807) is 29.3 Å². The van der Waals surface area contributed by atoms with Gasteiger partial charge in [0.15, 0.2) is 0 Å². The van der Waals surface area contributed by atoms with Crippen LogP contribution in [0.15, 0.2) is 76.7 Å². The average molecular weight is 501 g/mol. The zero-order valence-electron chi connectivity index (χ0n) is 18.4. The highest BCUT2D eigenvalue weighted by Gasteiger charge is 2.20. The molecule has 0 aliphatic heterocycles. The molecular weight excluding hydrogens is 489 g/mol. The number of hydrogen-bond acceptors (Lipinski definition) is 10. The van der Waals surface area contributed by atoms with E-state index in [9.17, 15) is 33.6 Å². The number of nitriles is 1. The molecule has 13 heteroatoms. The van der Waals surface area contributed by atoms with Gasteiger partial charge in [-0.15, -0.1) is 0 Å². The van der Waals surface area contributed by atoms with Crippen LogP contribution >= 0.6 is 0 Å². The summed E-state index contributed by atoms with van der Waals surface area (Å²) in [7, 11) is 0. The molecule has 0 aliphatic rings. The number of halogens is 1. The van der Waals surface area contributed by atoms with E-state index in [2.05, 4.69) is 9.97 Å². The number of aromatic nitrogens is 4. The number of hydrogen-bond donors (Lipinski definition) is 1. The van der Waals surface area contributed by atoms with Gasteiger partial charge < -0.3 is 9.47 Å². The third kappa shape index (κ3) is 5.33. The standard InChI is InChI=1S/C24H12FN5O7/c25-17-12-30(24(35)29-19(17)31)21(32)15-8-16(11-27-10-15)23(34)37-20-14(9-26)6-7-18(28-20)36-22(33)13-4-2-1-3-5-13/h1-8,10-12H,(H,29,31,35). The van der Waals surface area contributed by atoms with Crippen molar-refractivity contribution in [2.24, 2.45) is 0 Å². The second-order valence-electron chi connectivity index (χ2n) is 7.13. The van der Waals surface area contributed by atoms with Crippen molar-refractivity contribution >= 4 is 17.8 Å². The van der Waals surface area contributed by atoms with E-state index in [1.165, 1.54) is 24.3 Å². The fraction of sp³-hybridized carbons (Fsp3) is 0. The molecule has 1 N–H and O–H groups in total. The maximum Gasteiger partial charge on any atom is 0.346 e. The molecule has 4 rings (SSSR count). The van der Waals surface area contributed by atoms with Crippen molar-refractivity contribution in [2.75, 3.05) is 0 Å². The molecule has 0 spiro atoms. The number of ether oxygens (including phenoxy) is 2. The second-order valence-corrected chi connectivity index (χ2v) is 7.13. The number of rotatable bonds is 5. The topological polar surface area (TPSA) is 174 Å². The van der Waals surface area contributed by atoms with Crippen LogP contribution in [-0.4, -0.2) is 37.4 Å². The van der Waals surface area contributed by atoms with Gasteiger partial charge >= 0.3 is 17.6 Å². The van der Waals surface area contributed by atoms with Crippen LogP contribution in [0.2, 0.25) is 0 Å². The van der Waals surface area contributed by atoms with E-state index < -0.39 is 40.8 Å². The summed E-state index contributed by atoms with van der Waals surface area (Å²) in [4.78, 5) is 69.9. The Morgan fingerprint density at radius 2 is 1.65 bits per heavy atom. The Labute approximate surface area is 205 Å². The fourth-order valence-corrected chi connectivity index (χ4v) is 2.92. The van der Waals surface area contributed by atoms with Crippen molar-refractivity contribution in [1.82, 2.24) is 19.5 Å². The number of pyridine rings is 2. The van der Waals surface area contributed by atoms with Crippen LogP contribution in [0.4, 0.5) is 4.39 Å². The van der Waals surface area contributed by atoms with Gasteiger partial charge in [-0.05, 0) is 24.3 Å². The molecule has 0 saturated carbocycles. The second kappa shape index (κ2) is 10.2. The summed E-state index contributed by atoms with van der Waals surface area (Å²) in [6, 6.07) is 13.2. The zero-order valence-corrected chi connectivity index (χ0v) is 18.4. The van der Waals surface area contributed by atoms with Gasteiger partial charge in [0.05, 0.1) is 22.9 Å². The maximum atomic E-state index is 13.6. The molecule has 0 unspecified atom stereocenters. The van der Waals surface area contributed by atoms with Crippen LogP contribution in [-0.2, 0) is 0 Å². The highest BCUT2D eigenvalue weighted by Crippen LogP contribution is 2.21. The van der Waals surface area contributed by atoms with Crippen molar-refractivity contribution in [3.63, 3.8) is 0 Å². The quantitative estimate of drug-likeness (QED) is 0.394. The van der Waals surface area contributed by atoms with Crippen LogP contribution in [0.5, 0.6) is 11.8 Å². The number of benzene rings is 1. The number of carbonyl (C=O) groups excluding carboxylic acids is 3. The first-order valence-electron chi connectivity index (χ1n) is 10.2. The zero-order chi connectivity index (χ0) is 26.5. The van der Waals surface area contributed by atoms with Gasteiger partial charge in [-0.25, -0.2) is 19.0 Å². The predicted molar refractivity (Wildman–Crippen MR) is 121 cm³/mol. The molecule has 1 aromatic carbocycles. The summed E-state index contributed by atoms with van der Waals surface area (Å²) < 4.78 is 24.2. The first-order valence-corrected chi connectivity index (χ1v) is 10.2. The summed E-state index contributed by atoms with van der Waals surface area (Å²) in [6.45, 7) is 0. The summed E-state index contributed by atoms with van der Waals surface area (Å²) >= 11 is 0. The first-order chi connectivity index (χ1) is 17.8. The Kier molecular flexibility index (Phi) is 6.74. The van der Waals surface area contributed by atoms with Crippen LogP contribution in [0.25, 0.3) is 0 Å². The summed E-state index contributed by atoms with van der Waals surface area (Å²) in [5.74, 6) is -5.04. The van der Waals surface area contributed by atoms with E-state index in [0.717, 1.165) is 18.5 Å². The third-order valence-electron chi connectivity index (χ3n) is 4.69. The number of nitrogens with one attached hydrogen (secondary N) is 1. The largest absolute Gasteiger partial charge is 0.404 e. The average Bonchev–Trinajstić information content (AvgIpc) is 2.91. The maximum absolute atomic E-state index is 13.6. The summed E-state index contributed by atoms with van der Waals surface area (Å²) in [6.07, 6.45) is 2.43. The molecule has 4 aromatic rings. The van der Waals surface area contributed by atoms with Gasteiger partial charge in [0.2, 0.25) is 17.6 Å². The molecule has 0 aliphatic carbocycles. The molecule has 12 nitrogen and oxygen atoms in total. The molecule has 3 aromatic heterocycles. The highest BCUT2D eigenvalue weighted by molar-refractivity contribution is 5.99. The Balaban J connectivity index is 1.58.